The van der Waals surface area contributed by atoms with Gasteiger partial charge in [-0.25, -0.2) is 0 Å². The van der Waals surface area contributed by atoms with E-state index >= 15 is 0 Å². The number of nitrogens with zero attached hydrogens (tertiary/aromatic N) is 1. The number of likely N-dealkylation sites (tertiary alicyclic amines) is 1. The van der Waals surface area contributed by atoms with E-state index < -0.39 is 0 Å². The van der Waals surface area contributed by atoms with Crippen LogP contribution in [0.5, 0.6) is 5.75 Å². The minimum atomic E-state index is -0.0459. The lowest BCUT2D eigenvalue weighted by Crippen LogP contribution is -3.13. The lowest BCUT2D eigenvalue weighted by atomic mass is 9.97. The highest BCUT2D eigenvalue weighted by atomic mass is 16.5. The predicted octanol–water partition coefficient (Wildman–Crippen LogP) is 0.795. The van der Waals surface area contributed by atoms with E-state index in [0.29, 0.717) is 18.8 Å². The van der Waals surface area contributed by atoms with Crippen molar-refractivity contribution in [1.82, 2.24) is 0 Å². The molecule has 1 saturated heterocycles. The van der Waals surface area contributed by atoms with E-state index in [2.05, 4.69) is 6.07 Å². The number of nitrogens with one attached hydrogen (secondary N) is 1. The van der Waals surface area contributed by atoms with Gasteiger partial charge in [-0.1, -0.05) is 0 Å². The molecule has 1 aromatic rings. The summed E-state index contributed by atoms with van der Waals surface area (Å²) in [6.45, 7) is 5.85. The van der Waals surface area contributed by atoms with Crippen LogP contribution in [0, 0.1) is 17.2 Å². The maximum absolute atomic E-state index is 11.7. The second-order valence-corrected chi connectivity index (χ2v) is 5.51. The Bertz CT molecular complexity index is 514. The molecule has 1 aromatic carbocycles. The van der Waals surface area contributed by atoms with Crippen molar-refractivity contribution < 1.29 is 19.2 Å². The molecule has 1 heterocycles. The number of esters is 1. The average Bonchev–Trinajstić information content (AvgIpc) is 2.56. The van der Waals surface area contributed by atoms with Gasteiger partial charge in [0, 0.05) is 12.8 Å². The molecule has 1 aliphatic heterocycles. The standard InChI is InChI=1S/C17H22N2O3/c1-2-21-17(20)15-7-9-19(10-8-15)11-12-22-16-5-3-14(13-18)4-6-16/h3-6,15H,2,7-12H2,1H3/p+1. The maximum Gasteiger partial charge on any atom is 0.309 e. The van der Waals surface area contributed by atoms with Gasteiger partial charge in [-0.2, -0.15) is 5.26 Å². The van der Waals surface area contributed by atoms with Crippen LogP contribution in [-0.4, -0.2) is 38.8 Å². The molecule has 0 unspecified atom stereocenters. The van der Waals surface area contributed by atoms with Crippen molar-refractivity contribution in [2.24, 2.45) is 5.92 Å². The summed E-state index contributed by atoms with van der Waals surface area (Å²) < 4.78 is 10.8. The molecule has 5 heteroatoms. The molecule has 0 amide bonds. The highest BCUT2D eigenvalue weighted by Gasteiger charge is 2.28. The summed E-state index contributed by atoms with van der Waals surface area (Å²) >= 11 is 0. The quantitative estimate of drug-likeness (QED) is 0.790. The van der Waals surface area contributed by atoms with Gasteiger partial charge in [0.25, 0.3) is 0 Å². The SMILES string of the molecule is CCOC(=O)C1CC[NH+](CCOc2ccc(C#N)cc2)CC1. The summed E-state index contributed by atoms with van der Waals surface area (Å²) in [4.78, 5) is 13.1. The fraction of sp³-hybridized carbons (Fsp3) is 0.529. The first kappa shape index (κ1) is 16.3. The van der Waals surface area contributed by atoms with Crippen LogP contribution in [-0.2, 0) is 9.53 Å². The molecule has 0 aromatic heterocycles. The number of hydrogen-bond acceptors (Lipinski definition) is 4. The first-order valence-electron chi connectivity index (χ1n) is 7.86. The van der Waals surface area contributed by atoms with Gasteiger partial charge in [-0.05, 0) is 31.2 Å². The number of rotatable bonds is 6. The molecule has 0 bridgehead atoms. The average molecular weight is 303 g/mol. The second-order valence-electron chi connectivity index (χ2n) is 5.51. The van der Waals surface area contributed by atoms with Crippen molar-refractivity contribution in [3.05, 3.63) is 29.8 Å². The molecule has 0 aliphatic carbocycles. The third-order valence-corrected chi connectivity index (χ3v) is 4.02. The molecular formula is C17H23N2O3+. The summed E-state index contributed by atoms with van der Waals surface area (Å²) in [6.07, 6.45) is 1.79. The summed E-state index contributed by atoms with van der Waals surface area (Å²) in [6, 6.07) is 9.24. The highest BCUT2D eigenvalue weighted by Crippen LogP contribution is 2.12. The van der Waals surface area contributed by atoms with Crippen molar-refractivity contribution in [2.45, 2.75) is 19.8 Å². The Labute approximate surface area is 131 Å². The van der Waals surface area contributed by atoms with Gasteiger partial charge >= 0.3 is 5.97 Å². The Hall–Kier alpha value is -2.06. The van der Waals surface area contributed by atoms with E-state index in [4.69, 9.17) is 14.7 Å². The van der Waals surface area contributed by atoms with Gasteiger partial charge in [-0.15, -0.1) is 0 Å². The monoisotopic (exact) mass is 303 g/mol. The molecule has 0 atom stereocenters. The summed E-state index contributed by atoms with van der Waals surface area (Å²) in [5, 5.41) is 8.74. The molecular weight excluding hydrogens is 280 g/mol. The van der Waals surface area contributed by atoms with Crippen LogP contribution >= 0.6 is 0 Å². The fourth-order valence-corrected chi connectivity index (χ4v) is 2.71. The van der Waals surface area contributed by atoms with E-state index in [1.165, 1.54) is 4.90 Å². The zero-order chi connectivity index (χ0) is 15.8. The molecule has 0 saturated carbocycles. The molecule has 1 N–H and O–H groups in total. The number of hydrogen-bond donors (Lipinski definition) is 1. The van der Waals surface area contributed by atoms with E-state index in [1.54, 1.807) is 12.1 Å². The summed E-state index contributed by atoms with van der Waals surface area (Å²) in [5.74, 6) is 0.818. The van der Waals surface area contributed by atoms with Crippen LogP contribution in [0.25, 0.3) is 0 Å². The molecule has 5 nitrogen and oxygen atoms in total. The molecule has 2 rings (SSSR count). The van der Waals surface area contributed by atoms with Crippen LogP contribution in [0.2, 0.25) is 0 Å². The van der Waals surface area contributed by atoms with E-state index in [9.17, 15) is 4.79 Å². The normalized spacial score (nSPS) is 20.9. The second kappa shape index (κ2) is 8.40. The van der Waals surface area contributed by atoms with Gasteiger partial charge in [-0.3, -0.25) is 4.79 Å². The minimum Gasteiger partial charge on any atom is -0.488 e. The number of piperidine rings is 1. The van der Waals surface area contributed by atoms with E-state index in [1.807, 2.05) is 19.1 Å². The lowest BCUT2D eigenvalue weighted by Gasteiger charge is -2.28. The predicted molar refractivity (Wildman–Crippen MR) is 81.6 cm³/mol. The number of carbonyl (C=O) groups is 1. The number of benzene rings is 1. The van der Waals surface area contributed by atoms with Crippen molar-refractivity contribution in [3.63, 3.8) is 0 Å². The Morgan fingerprint density at radius 2 is 2.00 bits per heavy atom. The first-order chi connectivity index (χ1) is 10.7. The highest BCUT2D eigenvalue weighted by molar-refractivity contribution is 5.72. The zero-order valence-electron chi connectivity index (χ0n) is 13.0. The van der Waals surface area contributed by atoms with Gasteiger partial charge in [0.1, 0.15) is 18.9 Å². The molecule has 118 valence electrons. The van der Waals surface area contributed by atoms with Crippen molar-refractivity contribution in [2.75, 3.05) is 32.8 Å². The molecule has 1 fully saturated rings. The van der Waals surface area contributed by atoms with Gasteiger partial charge in [0.2, 0.25) is 0 Å². The number of carbonyl (C=O) groups excluding carboxylic acids is 1. The molecule has 0 spiro atoms. The topological polar surface area (TPSA) is 63.8 Å². The van der Waals surface area contributed by atoms with Gasteiger partial charge in [0.15, 0.2) is 0 Å². The first-order valence-corrected chi connectivity index (χ1v) is 7.86. The van der Waals surface area contributed by atoms with Gasteiger partial charge < -0.3 is 14.4 Å². The number of ether oxygens (including phenoxy) is 2. The fourth-order valence-electron chi connectivity index (χ4n) is 2.71. The molecule has 1 aliphatic rings. The van der Waals surface area contributed by atoms with Crippen LogP contribution in [0.3, 0.4) is 0 Å². The summed E-state index contributed by atoms with van der Waals surface area (Å²) in [5.41, 5.74) is 0.638. The smallest absolute Gasteiger partial charge is 0.309 e. The van der Waals surface area contributed by atoms with E-state index in [0.717, 1.165) is 38.2 Å². The zero-order valence-corrected chi connectivity index (χ0v) is 13.0. The molecule has 0 radical (unpaired) electrons. The third kappa shape index (κ3) is 4.74. The minimum absolute atomic E-state index is 0.0459. The van der Waals surface area contributed by atoms with Gasteiger partial charge in [0.05, 0.1) is 37.2 Å². The van der Waals surface area contributed by atoms with E-state index in [-0.39, 0.29) is 11.9 Å². The third-order valence-electron chi connectivity index (χ3n) is 4.02. The number of quaternary nitrogens is 1. The Morgan fingerprint density at radius 1 is 1.32 bits per heavy atom. The maximum atomic E-state index is 11.7. The Morgan fingerprint density at radius 3 is 2.59 bits per heavy atom. The number of nitriles is 1. The van der Waals surface area contributed by atoms with Crippen LogP contribution in [0.15, 0.2) is 24.3 Å². The lowest BCUT2D eigenvalue weighted by molar-refractivity contribution is -0.905. The van der Waals surface area contributed by atoms with Crippen molar-refractivity contribution in [3.8, 4) is 11.8 Å². The van der Waals surface area contributed by atoms with Crippen LogP contribution < -0.4 is 9.64 Å². The largest absolute Gasteiger partial charge is 0.488 e. The van der Waals surface area contributed by atoms with Crippen LogP contribution in [0.4, 0.5) is 0 Å². The Kier molecular flexibility index (Phi) is 6.23. The summed E-state index contributed by atoms with van der Waals surface area (Å²) in [7, 11) is 0. The van der Waals surface area contributed by atoms with Crippen molar-refractivity contribution >= 4 is 5.97 Å². The molecule has 22 heavy (non-hydrogen) atoms. The van der Waals surface area contributed by atoms with Crippen molar-refractivity contribution in [1.29, 1.82) is 5.26 Å². The van der Waals surface area contributed by atoms with Crippen LogP contribution in [0.1, 0.15) is 25.3 Å². The Balaban J connectivity index is 1.66.